The average molecular weight is 819 g/mol. The summed E-state index contributed by atoms with van der Waals surface area (Å²) in [6.45, 7) is 4.47. The molecule has 10 heteroatoms. The Morgan fingerprint density at radius 3 is 1.14 bits per heavy atom. The summed E-state index contributed by atoms with van der Waals surface area (Å²) in [6.07, 6.45) is 40.0. The molecule has 0 aliphatic heterocycles. The van der Waals surface area contributed by atoms with Crippen LogP contribution in [0.25, 0.3) is 0 Å². The third-order valence-corrected chi connectivity index (χ3v) is 11.6. The zero-order valence-electron chi connectivity index (χ0n) is 37.6. The first-order valence-corrected chi connectivity index (χ1v) is 25.3. The van der Waals surface area contributed by atoms with Gasteiger partial charge in [-0.1, -0.05) is 206 Å². The summed E-state index contributed by atoms with van der Waals surface area (Å²) in [6, 6.07) is 0. The first-order valence-electron chi connectivity index (χ1n) is 23.8. The number of ether oxygens (including phenoxy) is 2. The molecular weight excluding hydrogens is 725 g/mol. The Labute approximate surface area is 346 Å². The number of phosphoric acid groups is 1. The predicted molar refractivity (Wildman–Crippen MR) is 234 cm³/mol. The highest BCUT2D eigenvalue weighted by molar-refractivity contribution is 7.47. The lowest BCUT2D eigenvalue weighted by Gasteiger charge is -2.24. The summed E-state index contributed by atoms with van der Waals surface area (Å²) in [5.74, 6) is -0.781. The van der Waals surface area contributed by atoms with Crippen LogP contribution >= 0.6 is 7.82 Å². The van der Waals surface area contributed by atoms with Crippen LogP contribution in [-0.2, 0) is 32.7 Å². The lowest BCUT2D eigenvalue weighted by molar-refractivity contribution is -0.870. The summed E-state index contributed by atoms with van der Waals surface area (Å²) in [7, 11) is 1.49. The van der Waals surface area contributed by atoms with E-state index in [1.54, 1.807) is 0 Å². The van der Waals surface area contributed by atoms with Crippen molar-refractivity contribution in [1.29, 1.82) is 0 Å². The minimum absolute atomic E-state index is 0.0370. The molecule has 0 aliphatic rings. The van der Waals surface area contributed by atoms with Crippen LogP contribution in [-0.4, -0.2) is 74.9 Å². The molecule has 0 fully saturated rings. The van der Waals surface area contributed by atoms with E-state index < -0.39 is 26.5 Å². The van der Waals surface area contributed by atoms with Gasteiger partial charge in [-0.15, -0.1) is 0 Å². The fraction of sp³-hybridized carbons (Fsp3) is 0.957. The smallest absolute Gasteiger partial charge is 0.462 e. The first-order chi connectivity index (χ1) is 27.0. The first kappa shape index (κ1) is 55.0. The van der Waals surface area contributed by atoms with Crippen LogP contribution in [0.5, 0.6) is 0 Å². The summed E-state index contributed by atoms with van der Waals surface area (Å²) >= 11 is 0. The monoisotopic (exact) mass is 819 g/mol. The molecule has 334 valence electrons. The van der Waals surface area contributed by atoms with Crippen molar-refractivity contribution in [3.8, 4) is 0 Å². The van der Waals surface area contributed by atoms with E-state index in [9.17, 15) is 19.0 Å². The Hall–Kier alpha value is -0.990. The van der Waals surface area contributed by atoms with E-state index in [1.807, 2.05) is 21.1 Å². The summed E-state index contributed by atoms with van der Waals surface area (Å²) in [5, 5.41) is 0. The topological polar surface area (TPSA) is 108 Å². The Balaban J connectivity index is 4.26. The second-order valence-corrected chi connectivity index (χ2v) is 19.0. The van der Waals surface area contributed by atoms with Gasteiger partial charge in [0.2, 0.25) is 0 Å². The largest absolute Gasteiger partial charge is 0.472 e. The molecule has 1 unspecified atom stereocenters. The van der Waals surface area contributed by atoms with Crippen molar-refractivity contribution in [2.45, 2.75) is 238 Å². The van der Waals surface area contributed by atoms with Gasteiger partial charge >= 0.3 is 19.8 Å². The van der Waals surface area contributed by atoms with Crippen molar-refractivity contribution in [2.75, 3.05) is 47.5 Å². The minimum Gasteiger partial charge on any atom is -0.462 e. The Morgan fingerprint density at radius 2 is 0.804 bits per heavy atom. The maximum atomic E-state index is 12.7. The fourth-order valence-corrected chi connectivity index (χ4v) is 7.64. The van der Waals surface area contributed by atoms with E-state index in [-0.39, 0.29) is 25.6 Å². The maximum Gasteiger partial charge on any atom is 0.472 e. The molecule has 0 aliphatic carbocycles. The third-order valence-electron chi connectivity index (χ3n) is 10.6. The number of hydrogen-bond donors (Lipinski definition) is 1. The van der Waals surface area contributed by atoms with Gasteiger partial charge in [-0.2, -0.15) is 0 Å². The van der Waals surface area contributed by atoms with Crippen LogP contribution in [0.15, 0.2) is 0 Å². The highest BCUT2D eigenvalue weighted by Crippen LogP contribution is 2.43. The van der Waals surface area contributed by atoms with E-state index in [0.29, 0.717) is 17.4 Å². The van der Waals surface area contributed by atoms with Crippen LogP contribution in [0, 0.1) is 0 Å². The molecule has 0 aromatic rings. The Bertz CT molecular complexity index is 927. The summed E-state index contributed by atoms with van der Waals surface area (Å²) in [5.41, 5.74) is 0. The molecule has 0 heterocycles. The van der Waals surface area contributed by atoms with Gasteiger partial charge in [0.15, 0.2) is 6.10 Å². The number of unbranched alkanes of at least 4 members (excludes halogenated alkanes) is 30. The van der Waals surface area contributed by atoms with Crippen LogP contribution in [0.4, 0.5) is 0 Å². The number of rotatable bonds is 44. The van der Waals surface area contributed by atoms with Crippen LogP contribution in [0.3, 0.4) is 0 Å². The lowest BCUT2D eigenvalue weighted by atomic mass is 10.0. The van der Waals surface area contributed by atoms with Crippen molar-refractivity contribution < 1.29 is 42.1 Å². The number of carbonyl (C=O) groups excluding carboxylic acids is 2. The molecule has 9 nitrogen and oxygen atoms in total. The van der Waals surface area contributed by atoms with Gasteiger partial charge in [-0.25, -0.2) is 4.57 Å². The molecular formula is C46H93NO8P+. The molecule has 1 N–H and O–H groups in total. The molecule has 0 spiro atoms. The summed E-state index contributed by atoms with van der Waals surface area (Å²) < 4.78 is 34.4. The zero-order chi connectivity index (χ0) is 41.4. The number of quaternary nitrogens is 1. The molecule has 0 saturated carbocycles. The van der Waals surface area contributed by atoms with E-state index in [4.69, 9.17) is 18.5 Å². The van der Waals surface area contributed by atoms with Crippen LogP contribution in [0.2, 0.25) is 0 Å². The molecule has 56 heavy (non-hydrogen) atoms. The number of phosphoric ester groups is 1. The van der Waals surface area contributed by atoms with E-state index in [0.717, 1.165) is 38.5 Å². The molecule has 0 saturated heterocycles. The van der Waals surface area contributed by atoms with Gasteiger partial charge in [0, 0.05) is 12.8 Å². The van der Waals surface area contributed by atoms with Crippen LogP contribution in [0.1, 0.15) is 232 Å². The molecule has 0 bridgehead atoms. The van der Waals surface area contributed by atoms with Crippen LogP contribution < -0.4 is 0 Å². The van der Waals surface area contributed by atoms with Crippen molar-refractivity contribution in [3.63, 3.8) is 0 Å². The number of carbonyl (C=O) groups is 2. The minimum atomic E-state index is -4.37. The highest BCUT2D eigenvalue weighted by atomic mass is 31.2. The van der Waals surface area contributed by atoms with E-state index in [1.165, 1.54) is 167 Å². The SMILES string of the molecule is CCCCCCCCCCCCCCCCCCCC(=O)O[C@H](COC(=O)CCCCCCCCCCCCCCCCC)COP(=O)(O)OCC[N+](C)(C)C. The van der Waals surface area contributed by atoms with Gasteiger partial charge in [-0.3, -0.25) is 18.6 Å². The molecule has 0 amide bonds. The molecule has 0 radical (unpaired) electrons. The number of esters is 2. The number of hydrogen-bond acceptors (Lipinski definition) is 7. The molecule has 0 rings (SSSR count). The van der Waals surface area contributed by atoms with E-state index in [2.05, 4.69) is 13.8 Å². The Morgan fingerprint density at radius 1 is 0.482 bits per heavy atom. The summed E-state index contributed by atoms with van der Waals surface area (Å²) in [4.78, 5) is 35.4. The molecule has 0 aromatic carbocycles. The number of likely N-dealkylation sites (N-methyl/N-ethyl adjacent to an activating group) is 1. The predicted octanol–water partition coefficient (Wildman–Crippen LogP) is 13.6. The highest BCUT2D eigenvalue weighted by Gasteiger charge is 2.27. The Kier molecular flexibility index (Phi) is 38.8. The van der Waals surface area contributed by atoms with Gasteiger partial charge in [0.05, 0.1) is 27.7 Å². The number of nitrogens with zero attached hydrogens (tertiary/aromatic N) is 1. The molecule has 0 aromatic heterocycles. The standard InChI is InChI=1S/C46H92NO8P/c1-6-8-10-12-14-16-18-20-22-23-25-27-29-31-33-35-37-39-46(49)55-44(43-54-56(50,51)53-41-40-47(3,4)5)42-52-45(48)38-36-34-32-30-28-26-24-21-19-17-15-13-11-9-7-2/h44H,6-43H2,1-5H3/p+1/t44-/m1/s1. The fourth-order valence-electron chi connectivity index (χ4n) is 6.90. The van der Waals surface area contributed by atoms with Crippen molar-refractivity contribution >= 4 is 19.8 Å². The van der Waals surface area contributed by atoms with Crippen molar-refractivity contribution in [3.05, 3.63) is 0 Å². The van der Waals surface area contributed by atoms with Gasteiger partial charge in [0.1, 0.15) is 19.8 Å². The maximum absolute atomic E-state index is 12.7. The average Bonchev–Trinajstić information content (AvgIpc) is 3.15. The van der Waals surface area contributed by atoms with Crippen molar-refractivity contribution in [1.82, 2.24) is 0 Å². The van der Waals surface area contributed by atoms with Gasteiger partial charge in [-0.05, 0) is 12.8 Å². The van der Waals surface area contributed by atoms with E-state index >= 15 is 0 Å². The van der Waals surface area contributed by atoms with Crippen molar-refractivity contribution in [2.24, 2.45) is 0 Å². The molecule has 2 atom stereocenters. The third kappa shape index (κ3) is 42.6. The van der Waals surface area contributed by atoms with Gasteiger partial charge in [0.25, 0.3) is 0 Å². The normalized spacial score (nSPS) is 13.5. The van der Waals surface area contributed by atoms with Gasteiger partial charge < -0.3 is 18.9 Å². The second-order valence-electron chi connectivity index (χ2n) is 17.5. The zero-order valence-corrected chi connectivity index (χ0v) is 38.5. The quantitative estimate of drug-likeness (QED) is 0.0280. The second kappa shape index (κ2) is 39.5. The lowest BCUT2D eigenvalue weighted by Crippen LogP contribution is -2.37.